The molecule has 0 unspecified atom stereocenters. The molecule has 1 aromatic carbocycles. The summed E-state index contributed by atoms with van der Waals surface area (Å²) in [6.45, 7) is 1.59. The van der Waals surface area contributed by atoms with Gasteiger partial charge in [0.25, 0.3) is 0 Å². The number of aryl methyl sites for hydroxylation is 2. The molecule has 0 amide bonds. The molecule has 0 aliphatic heterocycles. The van der Waals surface area contributed by atoms with Crippen molar-refractivity contribution in [1.29, 1.82) is 0 Å². The van der Waals surface area contributed by atoms with Crippen LogP contribution in [0.25, 0.3) is 0 Å². The average Bonchev–Trinajstić information content (AvgIpc) is 2.70. The van der Waals surface area contributed by atoms with Crippen molar-refractivity contribution >= 4 is 23.4 Å². The van der Waals surface area contributed by atoms with Gasteiger partial charge in [0.15, 0.2) is 5.78 Å². The number of Topliss-reactive ketones (excluding diaryl/α,β-unsaturated/α-hetero) is 1. The predicted octanol–water partition coefficient (Wildman–Crippen LogP) is 2.73. The lowest BCUT2D eigenvalue weighted by molar-refractivity contribution is 0.101. The van der Waals surface area contributed by atoms with Crippen LogP contribution in [0.1, 0.15) is 28.4 Å². The largest absolute Gasteiger partial charge is 0.500 e. The predicted molar refractivity (Wildman–Crippen MR) is 107 cm³/mol. The van der Waals surface area contributed by atoms with Crippen LogP contribution in [0.3, 0.4) is 0 Å². The molecule has 0 bridgehead atoms. The first kappa shape index (κ1) is 24.1. The summed E-state index contributed by atoms with van der Waals surface area (Å²) in [7, 11) is 4.12. The van der Waals surface area contributed by atoms with Crippen molar-refractivity contribution in [3.8, 4) is 0 Å². The van der Waals surface area contributed by atoms with Crippen LogP contribution < -0.4 is 0 Å². The lowest BCUT2D eigenvalue weighted by Gasteiger charge is -2.26. The van der Waals surface area contributed by atoms with Gasteiger partial charge in [-0.25, -0.2) is 0 Å². The molecule has 0 heterocycles. The van der Waals surface area contributed by atoms with Gasteiger partial charge in [-0.3, -0.25) is 4.79 Å². The maximum absolute atomic E-state index is 12.4. The summed E-state index contributed by atoms with van der Waals surface area (Å²) in [4.78, 5) is 12.4. The molecule has 27 heavy (non-hydrogen) atoms. The van der Waals surface area contributed by atoms with Crippen LogP contribution in [0, 0.1) is 0 Å². The van der Waals surface area contributed by atoms with Crippen LogP contribution in [0.2, 0.25) is 12.1 Å². The zero-order chi connectivity index (χ0) is 20.5. The second-order valence-electron chi connectivity index (χ2n) is 6.10. The lowest BCUT2D eigenvalue weighted by atomic mass is 9.95. The molecule has 1 rings (SSSR count). The number of benzene rings is 1. The van der Waals surface area contributed by atoms with Crippen molar-refractivity contribution in [1.82, 2.24) is 0 Å². The summed E-state index contributed by atoms with van der Waals surface area (Å²) in [5.74, 6) is 0.0274. The molecular formula is C18H32O7Si2. The van der Waals surface area contributed by atoms with Gasteiger partial charge in [-0.2, -0.15) is 0 Å². The van der Waals surface area contributed by atoms with Gasteiger partial charge < -0.3 is 26.6 Å². The molecule has 0 spiro atoms. The quantitative estimate of drug-likeness (QED) is 0.362. The van der Waals surface area contributed by atoms with Crippen molar-refractivity contribution in [2.24, 2.45) is 0 Å². The van der Waals surface area contributed by atoms with E-state index in [2.05, 4.69) is 0 Å². The van der Waals surface area contributed by atoms with E-state index in [1.165, 1.54) is 0 Å². The maximum Gasteiger partial charge on any atom is 0.500 e. The topological polar surface area (TPSA) is 72.5 Å². The normalized spacial score (nSPS) is 12.4. The van der Waals surface area contributed by atoms with Gasteiger partial charge in [-0.15, -0.1) is 0 Å². The molecule has 154 valence electrons. The van der Waals surface area contributed by atoms with Gasteiger partial charge >= 0.3 is 17.6 Å². The zero-order valence-electron chi connectivity index (χ0n) is 17.4. The fourth-order valence-corrected chi connectivity index (χ4v) is 6.59. The third kappa shape index (κ3) is 6.03. The minimum atomic E-state index is -2.71. The van der Waals surface area contributed by atoms with Crippen LogP contribution in [0.5, 0.6) is 0 Å². The van der Waals surface area contributed by atoms with E-state index in [-0.39, 0.29) is 5.78 Å². The number of hydrogen-bond donors (Lipinski definition) is 0. The van der Waals surface area contributed by atoms with Crippen molar-refractivity contribution in [3.05, 3.63) is 34.9 Å². The molecule has 0 radical (unpaired) electrons. The molecule has 0 aliphatic carbocycles. The Labute approximate surface area is 164 Å². The Bertz CT molecular complexity index is 543. The molecule has 0 fully saturated rings. The number of carbonyl (C=O) groups excluding carboxylic acids is 1. The van der Waals surface area contributed by atoms with Crippen LogP contribution in [0.15, 0.2) is 18.2 Å². The van der Waals surface area contributed by atoms with Gasteiger partial charge in [0.05, 0.1) is 0 Å². The number of rotatable bonds is 13. The first-order chi connectivity index (χ1) is 12.9. The summed E-state index contributed by atoms with van der Waals surface area (Å²) in [6.07, 6.45) is 1.26. The van der Waals surface area contributed by atoms with E-state index in [1.807, 2.05) is 18.2 Å². The Morgan fingerprint density at radius 3 is 1.33 bits per heavy atom. The molecule has 0 saturated carbocycles. The van der Waals surface area contributed by atoms with Crippen molar-refractivity contribution < 1.29 is 31.4 Å². The highest BCUT2D eigenvalue weighted by molar-refractivity contribution is 6.61. The molecule has 0 atom stereocenters. The third-order valence-corrected chi connectivity index (χ3v) is 10.3. The first-order valence-corrected chi connectivity index (χ1v) is 12.7. The van der Waals surface area contributed by atoms with Gasteiger partial charge in [-0.05, 0) is 30.9 Å². The molecule has 9 heteroatoms. The number of ketones is 1. The van der Waals surface area contributed by atoms with Crippen molar-refractivity contribution in [3.63, 3.8) is 0 Å². The summed E-state index contributed by atoms with van der Waals surface area (Å²) in [6, 6.07) is 7.07. The van der Waals surface area contributed by atoms with Crippen LogP contribution in [-0.2, 0) is 39.4 Å². The van der Waals surface area contributed by atoms with E-state index in [1.54, 1.807) is 49.6 Å². The van der Waals surface area contributed by atoms with E-state index < -0.39 is 17.6 Å². The fourth-order valence-electron chi connectivity index (χ4n) is 3.21. The molecule has 0 N–H and O–H groups in total. The standard InChI is InChI=1S/C18H32O7Si2/c1-15(19)18-16(11-13-26(20-2,21-3)22-4)9-8-10-17(18)12-14-27(23-5,24-6)25-7/h8-10H,11-14H2,1-7H3. The molecule has 1 aromatic rings. The molecule has 7 nitrogen and oxygen atoms in total. The van der Waals surface area contributed by atoms with Gasteiger partial charge in [-0.1, -0.05) is 18.2 Å². The molecule has 0 aliphatic rings. The van der Waals surface area contributed by atoms with Crippen molar-refractivity contribution in [2.45, 2.75) is 31.9 Å². The van der Waals surface area contributed by atoms with Gasteiger partial charge in [0.1, 0.15) is 0 Å². The highest BCUT2D eigenvalue weighted by atomic mass is 28.4. The average molecular weight is 417 g/mol. The summed E-state index contributed by atoms with van der Waals surface area (Å²) in [5, 5.41) is 0. The maximum atomic E-state index is 12.4. The van der Waals surface area contributed by atoms with Crippen LogP contribution >= 0.6 is 0 Å². The third-order valence-electron chi connectivity index (χ3n) is 4.86. The summed E-state index contributed by atoms with van der Waals surface area (Å²) < 4.78 is 32.9. The van der Waals surface area contributed by atoms with Crippen molar-refractivity contribution in [2.75, 3.05) is 42.7 Å². The Balaban J connectivity index is 3.09. The molecule has 0 saturated heterocycles. The SMILES string of the molecule is CO[Si](CCc1cccc(CC[Si](OC)(OC)OC)c1C(C)=O)(OC)OC. The molecular weight excluding hydrogens is 384 g/mol. The Hall–Kier alpha value is -0.916. The fraction of sp³-hybridized carbons (Fsp3) is 0.611. The zero-order valence-corrected chi connectivity index (χ0v) is 19.4. The second kappa shape index (κ2) is 11.2. The number of hydrogen-bond acceptors (Lipinski definition) is 7. The summed E-state index contributed by atoms with van der Waals surface area (Å²) >= 11 is 0. The highest BCUT2D eigenvalue weighted by Crippen LogP contribution is 2.25. The second-order valence-corrected chi connectivity index (χ2v) is 12.3. The first-order valence-electron chi connectivity index (χ1n) is 8.79. The monoisotopic (exact) mass is 416 g/mol. The van der Waals surface area contributed by atoms with E-state index in [9.17, 15) is 4.79 Å². The Kier molecular flexibility index (Phi) is 9.98. The number of carbonyl (C=O) groups is 1. The van der Waals surface area contributed by atoms with Crippen LogP contribution in [0.4, 0.5) is 0 Å². The van der Waals surface area contributed by atoms with E-state index in [4.69, 9.17) is 26.6 Å². The summed E-state index contributed by atoms with van der Waals surface area (Å²) in [5.41, 5.74) is 2.65. The smallest absolute Gasteiger partial charge is 0.377 e. The van der Waals surface area contributed by atoms with Gasteiger partial charge in [0.2, 0.25) is 0 Å². The van der Waals surface area contributed by atoms with E-state index >= 15 is 0 Å². The highest BCUT2D eigenvalue weighted by Gasteiger charge is 2.39. The Morgan fingerprint density at radius 1 is 0.741 bits per heavy atom. The van der Waals surface area contributed by atoms with Gasteiger partial charge in [0, 0.05) is 60.3 Å². The van der Waals surface area contributed by atoms with Crippen LogP contribution in [-0.4, -0.2) is 66.1 Å². The Morgan fingerprint density at radius 2 is 1.07 bits per heavy atom. The minimum Gasteiger partial charge on any atom is -0.377 e. The lowest BCUT2D eigenvalue weighted by Crippen LogP contribution is -2.43. The molecule has 0 aromatic heterocycles. The van der Waals surface area contributed by atoms with E-state index in [0.717, 1.165) is 16.7 Å². The minimum absolute atomic E-state index is 0.0274. The van der Waals surface area contributed by atoms with E-state index in [0.29, 0.717) is 24.9 Å².